The maximum absolute atomic E-state index is 10.9. The van der Waals surface area contributed by atoms with Gasteiger partial charge in [-0.3, -0.25) is 10.0 Å². The maximum atomic E-state index is 10.9. The SMILES string of the molecule is Nc1ncnc2c1ncn2CC(=O)NO. The van der Waals surface area contributed by atoms with Gasteiger partial charge in [0.05, 0.1) is 6.33 Å². The molecule has 0 saturated heterocycles. The van der Waals surface area contributed by atoms with Gasteiger partial charge in [0.15, 0.2) is 11.5 Å². The molecule has 4 N–H and O–H groups in total. The molecule has 2 heterocycles. The largest absolute Gasteiger partial charge is 0.382 e. The van der Waals surface area contributed by atoms with Crippen LogP contribution in [-0.4, -0.2) is 30.6 Å². The Morgan fingerprint density at radius 1 is 1.53 bits per heavy atom. The van der Waals surface area contributed by atoms with Gasteiger partial charge in [0.1, 0.15) is 18.4 Å². The average Bonchev–Trinajstić information content (AvgIpc) is 2.63. The number of carbonyl (C=O) groups excluding carboxylic acids is 1. The van der Waals surface area contributed by atoms with Gasteiger partial charge in [-0.25, -0.2) is 20.4 Å². The Labute approximate surface area is 83.7 Å². The van der Waals surface area contributed by atoms with Crippen molar-refractivity contribution in [3.8, 4) is 0 Å². The van der Waals surface area contributed by atoms with Crippen LogP contribution in [0.15, 0.2) is 12.7 Å². The zero-order valence-corrected chi connectivity index (χ0v) is 7.58. The van der Waals surface area contributed by atoms with Gasteiger partial charge in [0, 0.05) is 0 Å². The predicted octanol–water partition coefficient (Wildman–Crippen LogP) is -1.09. The number of amides is 1. The summed E-state index contributed by atoms with van der Waals surface area (Å²) >= 11 is 0. The first-order chi connectivity index (χ1) is 7.22. The number of nitrogens with zero attached hydrogens (tertiary/aromatic N) is 4. The topological polar surface area (TPSA) is 119 Å². The second-order valence-corrected chi connectivity index (χ2v) is 2.84. The lowest BCUT2D eigenvalue weighted by atomic mass is 10.5. The van der Waals surface area contributed by atoms with Crippen molar-refractivity contribution in [3.05, 3.63) is 12.7 Å². The van der Waals surface area contributed by atoms with E-state index in [-0.39, 0.29) is 12.4 Å². The fourth-order valence-corrected chi connectivity index (χ4v) is 1.20. The van der Waals surface area contributed by atoms with Crippen molar-refractivity contribution in [3.63, 3.8) is 0 Å². The summed E-state index contributed by atoms with van der Waals surface area (Å²) in [6.45, 7) is -0.0799. The van der Waals surface area contributed by atoms with Crippen LogP contribution in [0.5, 0.6) is 0 Å². The summed E-state index contributed by atoms with van der Waals surface area (Å²) in [6, 6.07) is 0. The first kappa shape index (κ1) is 9.34. The van der Waals surface area contributed by atoms with Crippen LogP contribution in [0.4, 0.5) is 5.82 Å². The summed E-state index contributed by atoms with van der Waals surface area (Å²) < 4.78 is 1.46. The van der Waals surface area contributed by atoms with Crippen molar-refractivity contribution in [1.29, 1.82) is 0 Å². The molecule has 0 spiro atoms. The molecule has 0 aliphatic carbocycles. The number of nitrogens with one attached hydrogen (secondary N) is 1. The molecule has 0 saturated carbocycles. The highest BCUT2D eigenvalue weighted by Gasteiger charge is 2.09. The Morgan fingerprint density at radius 3 is 3.07 bits per heavy atom. The first-order valence-corrected chi connectivity index (χ1v) is 4.06. The molecule has 0 aliphatic heterocycles. The molecular weight excluding hydrogens is 200 g/mol. The molecule has 8 heteroatoms. The number of nitrogen functional groups attached to an aromatic ring is 1. The van der Waals surface area contributed by atoms with E-state index in [0.717, 1.165) is 0 Å². The van der Waals surface area contributed by atoms with Crippen molar-refractivity contribution in [2.24, 2.45) is 0 Å². The molecule has 1 amide bonds. The highest BCUT2D eigenvalue weighted by atomic mass is 16.5. The minimum atomic E-state index is -0.563. The first-order valence-electron chi connectivity index (χ1n) is 4.06. The van der Waals surface area contributed by atoms with Gasteiger partial charge in [0.25, 0.3) is 5.91 Å². The number of rotatable bonds is 2. The van der Waals surface area contributed by atoms with Gasteiger partial charge < -0.3 is 10.3 Å². The smallest absolute Gasteiger partial charge is 0.263 e. The van der Waals surface area contributed by atoms with E-state index in [9.17, 15) is 4.79 Å². The van der Waals surface area contributed by atoms with E-state index in [1.807, 2.05) is 0 Å². The number of imidazole rings is 1. The van der Waals surface area contributed by atoms with Crippen LogP contribution >= 0.6 is 0 Å². The Kier molecular flexibility index (Phi) is 2.18. The van der Waals surface area contributed by atoms with E-state index in [1.165, 1.54) is 22.7 Å². The standard InChI is InChI=1S/C7H8N6O2/c8-6-5-7(10-2-9-6)13(3-11-5)1-4(14)12-15/h2-3,15H,1H2,(H,12,14)(H2,8,9,10). The van der Waals surface area contributed by atoms with Gasteiger partial charge >= 0.3 is 0 Å². The molecule has 2 aromatic rings. The molecule has 78 valence electrons. The highest BCUT2D eigenvalue weighted by Crippen LogP contribution is 2.13. The van der Waals surface area contributed by atoms with E-state index in [4.69, 9.17) is 10.9 Å². The lowest BCUT2D eigenvalue weighted by Crippen LogP contribution is -2.23. The zero-order valence-electron chi connectivity index (χ0n) is 7.58. The molecular formula is C7H8N6O2. The van der Waals surface area contributed by atoms with E-state index in [1.54, 1.807) is 0 Å². The number of hydrogen-bond acceptors (Lipinski definition) is 6. The van der Waals surface area contributed by atoms with Crippen molar-refractivity contribution < 1.29 is 10.0 Å². The summed E-state index contributed by atoms with van der Waals surface area (Å²) in [5.74, 6) is -0.311. The van der Waals surface area contributed by atoms with Crippen LogP contribution in [0.1, 0.15) is 0 Å². The number of aromatic nitrogens is 4. The molecule has 0 aromatic carbocycles. The molecule has 0 atom stereocenters. The summed E-state index contributed by atoms with van der Waals surface area (Å²) in [5, 5.41) is 8.37. The molecule has 0 bridgehead atoms. The van der Waals surface area contributed by atoms with Gasteiger partial charge in [-0.2, -0.15) is 0 Å². The molecule has 15 heavy (non-hydrogen) atoms. The monoisotopic (exact) mass is 208 g/mol. The van der Waals surface area contributed by atoms with Crippen molar-refractivity contribution in [2.75, 3.05) is 5.73 Å². The van der Waals surface area contributed by atoms with Crippen molar-refractivity contribution >= 4 is 22.9 Å². The Balaban J connectivity index is 2.45. The predicted molar refractivity (Wildman–Crippen MR) is 49.7 cm³/mol. The number of anilines is 1. The summed E-state index contributed by atoms with van der Waals surface area (Å²) in [6.07, 6.45) is 2.69. The summed E-state index contributed by atoms with van der Waals surface area (Å²) in [7, 11) is 0. The van der Waals surface area contributed by atoms with Crippen LogP contribution in [-0.2, 0) is 11.3 Å². The van der Waals surface area contributed by atoms with Crippen LogP contribution < -0.4 is 11.2 Å². The fraction of sp³-hybridized carbons (Fsp3) is 0.143. The molecule has 2 rings (SSSR count). The van der Waals surface area contributed by atoms with Crippen LogP contribution in [0.2, 0.25) is 0 Å². The quantitative estimate of drug-likeness (QED) is 0.426. The maximum Gasteiger partial charge on any atom is 0.263 e. The van der Waals surface area contributed by atoms with Crippen LogP contribution in [0, 0.1) is 0 Å². The van der Waals surface area contributed by atoms with E-state index in [0.29, 0.717) is 11.2 Å². The molecule has 0 aliphatic rings. The Hall–Kier alpha value is -2.22. The third kappa shape index (κ3) is 1.57. The summed E-state index contributed by atoms with van der Waals surface area (Å²) in [5.41, 5.74) is 7.96. The minimum Gasteiger partial charge on any atom is -0.382 e. The van der Waals surface area contributed by atoms with Crippen molar-refractivity contribution in [1.82, 2.24) is 25.0 Å². The average molecular weight is 208 g/mol. The van der Waals surface area contributed by atoms with Crippen LogP contribution in [0.25, 0.3) is 11.2 Å². The third-order valence-electron chi connectivity index (χ3n) is 1.87. The van der Waals surface area contributed by atoms with E-state index in [2.05, 4.69) is 15.0 Å². The van der Waals surface area contributed by atoms with E-state index >= 15 is 0 Å². The molecule has 2 aromatic heterocycles. The van der Waals surface area contributed by atoms with Gasteiger partial charge in [0.2, 0.25) is 0 Å². The third-order valence-corrected chi connectivity index (χ3v) is 1.87. The molecule has 0 unspecified atom stereocenters. The van der Waals surface area contributed by atoms with Gasteiger partial charge in [-0.1, -0.05) is 0 Å². The summed E-state index contributed by atoms with van der Waals surface area (Å²) in [4.78, 5) is 22.6. The Morgan fingerprint density at radius 2 is 2.33 bits per heavy atom. The number of hydroxylamine groups is 1. The minimum absolute atomic E-state index is 0.0799. The Bertz CT molecular complexity index is 507. The number of carbonyl (C=O) groups is 1. The second kappa shape index (κ2) is 3.50. The zero-order chi connectivity index (χ0) is 10.8. The fourth-order valence-electron chi connectivity index (χ4n) is 1.20. The van der Waals surface area contributed by atoms with Gasteiger partial charge in [-0.05, 0) is 0 Å². The van der Waals surface area contributed by atoms with E-state index < -0.39 is 5.91 Å². The highest BCUT2D eigenvalue weighted by molar-refractivity contribution is 5.83. The second-order valence-electron chi connectivity index (χ2n) is 2.84. The molecule has 0 fully saturated rings. The van der Waals surface area contributed by atoms with Gasteiger partial charge in [-0.15, -0.1) is 0 Å². The number of fused-ring (bicyclic) bond motifs is 1. The molecule has 8 nitrogen and oxygen atoms in total. The number of nitrogens with two attached hydrogens (primary N) is 1. The lowest BCUT2D eigenvalue weighted by Gasteiger charge is -2.00. The lowest BCUT2D eigenvalue weighted by molar-refractivity contribution is -0.129. The normalized spacial score (nSPS) is 10.5. The number of hydrogen-bond donors (Lipinski definition) is 3. The van der Waals surface area contributed by atoms with Crippen LogP contribution in [0.3, 0.4) is 0 Å². The van der Waals surface area contributed by atoms with Crippen molar-refractivity contribution in [2.45, 2.75) is 6.54 Å². The molecule has 0 radical (unpaired) electrons.